The second kappa shape index (κ2) is 8.29. The Kier molecular flexibility index (Phi) is 5.63. The van der Waals surface area contributed by atoms with E-state index in [9.17, 15) is 9.59 Å². The van der Waals surface area contributed by atoms with Gasteiger partial charge in [-0.25, -0.2) is 4.79 Å². The molecule has 0 unspecified atom stereocenters. The third-order valence-electron chi connectivity index (χ3n) is 3.58. The van der Waals surface area contributed by atoms with Crippen molar-refractivity contribution in [3.8, 4) is 0 Å². The second-order valence-corrected chi connectivity index (χ2v) is 5.84. The number of nitrogens with one attached hydrogen (secondary N) is 2. The molecule has 1 aromatic heterocycles. The van der Waals surface area contributed by atoms with Crippen molar-refractivity contribution in [3.63, 3.8) is 0 Å². The fourth-order valence-electron chi connectivity index (χ4n) is 2.26. The van der Waals surface area contributed by atoms with Gasteiger partial charge in [-0.1, -0.05) is 29.8 Å². The molecule has 0 radical (unpaired) electrons. The van der Waals surface area contributed by atoms with Crippen molar-refractivity contribution >= 4 is 40.7 Å². The van der Waals surface area contributed by atoms with Crippen molar-refractivity contribution in [2.24, 2.45) is 0 Å². The lowest BCUT2D eigenvalue weighted by atomic mass is 10.2. The van der Waals surface area contributed by atoms with Gasteiger partial charge in [-0.05, 0) is 42.5 Å². The molecule has 1 amide bonds. The first kappa shape index (κ1) is 18.3. The Morgan fingerprint density at radius 1 is 1.00 bits per heavy atom. The van der Waals surface area contributed by atoms with Gasteiger partial charge >= 0.3 is 5.97 Å². The smallest absolute Gasteiger partial charge is 0.337 e. The molecule has 2 aromatic carbocycles. The highest BCUT2D eigenvalue weighted by Gasteiger charge is 2.11. The van der Waals surface area contributed by atoms with Crippen LogP contribution in [0.25, 0.3) is 0 Å². The Hall–Kier alpha value is -3.45. The van der Waals surface area contributed by atoms with E-state index in [2.05, 4.69) is 20.8 Å². The van der Waals surface area contributed by atoms with E-state index in [1.807, 2.05) is 0 Å². The first-order valence-electron chi connectivity index (χ1n) is 7.92. The van der Waals surface area contributed by atoms with Gasteiger partial charge < -0.3 is 15.4 Å². The number of hydrogen-bond acceptors (Lipinski definition) is 6. The summed E-state index contributed by atoms with van der Waals surface area (Å²) in [6.07, 6.45) is 0. The molecule has 0 aliphatic carbocycles. The van der Waals surface area contributed by atoms with Crippen LogP contribution in [0.3, 0.4) is 0 Å². The Labute approximate surface area is 160 Å². The monoisotopic (exact) mass is 382 g/mol. The summed E-state index contributed by atoms with van der Waals surface area (Å²) in [5.41, 5.74) is 1.68. The number of hydrogen-bond donors (Lipinski definition) is 2. The van der Waals surface area contributed by atoms with Crippen LogP contribution in [0, 0.1) is 0 Å². The van der Waals surface area contributed by atoms with Crippen molar-refractivity contribution in [1.82, 2.24) is 10.2 Å². The van der Waals surface area contributed by atoms with Crippen LogP contribution in [0.15, 0.2) is 60.7 Å². The van der Waals surface area contributed by atoms with Crippen molar-refractivity contribution in [3.05, 3.63) is 76.9 Å². The highest BCUT2D eigenvalue weighted by molar-refractivity contribution is 6.33. The number of carbonyl (C=O) groups is 2. The molecule has 0 saturated carbocycles. The van der Waals surface area contributed by atoms with Gasteiger partial charge in [0, 0.05) is 5.69 Å². The van der Waals surface area contributed by atoms with Gasteiger partial charge in [-0.2, -0.15) is 0 Å². The van der Waals surface area contributed by atoms with Crippen LogP contribution in [0.1, 0.15) is 20.8 Å². The zero-order valence-corrected chi connectivity index (χ0v) is 15.0. The number of aromatic nitrogens is 2. The number of ether oxygens (including phenoxy) is 1. The summed E-state index contributed by atoms with van der Waals surface area (Å²) in [6.45, 7) is 0. The van der Waals surface area contributed by atoms with Gasteiger partial charge in [0.05, 0.1) is 23.4 Å². The number of para-hydroxylation sites is 1. The molecule has 2 N–H and O–H groups in total. The maximum absolute atomic E-state index is 12.2. The summed E-state index contributed by atoms with van der Waals surface area (Å²) in [5, 5.41) is 14.0. The number of anilines is 3. The number of esters is 1. The maximum Gasteiger partial charge on any atom is 0.337 e. The quantitative estimate of drug-likeness (QED) is 0.650. The van der Waals surface area contributed by atoms with Crippen molar-refractivity contribution in [1.29, 1.82) is 0 Å². The van der Waals surface area contributed by atoms with Gasteiger partial charge in [0.15, 0.2) is 11.5 Å². The molecule has 0 atom stereocenters. The van der Waals surface area contributed by atoms with E-state index in [-0.39, 0.29) is 5.69 Å². The average Bonchev–Trinajstić information content (AvgIpc) is 2.70. The minimum Gasteiger partial charge on any atom is -0.465 e. The molecular weight excluding hydrogens is 368 g/mol. The van der Waals surface area contributed by atoms with Crippen molar-refractivity contribution in [2.75, 3.05) is 17.7 Å². The van der Waals surface area contributed by atoms with Crippen molar-refractivity contribution < 1.29 is 14.3 Å². The van der Waals surface area contributed by atoms with E-state index >= 15 is 0 Å². The molecular formula is C19H15ClN4O3. The summed E-state index contributed by atoms with van der Waals surface area (Å²) >= 11 is 6.02. The van der Waals surface area contributed by atoms with Crippen molar-refractivity contribution in [2.45, 2.75) is 0 Å². The Balaban J connectivity index is 1.69. The molecule has 0 saturated heterocycles. The summed E-state index contributed by atoms with van der Waals surface area (Å²) in [6, 6.07) is 16.8. The largest absolute Gasteiger partial charge is 0.465 e. The van der Waals surface area contributed by atoms with Crippen LogP contribution >= 0.6 is 11.6 Å². The van der Waals surface area contributed by atoms with E-state index in [4.69, 9.17) is 16.3 Å². The Morgan fingerprint density at radius 2 is 1.81 bits per heavy atom. The summed E-state index contributed by atoms with van der Waals surface area (Å²) in [5.74, 6) is -0.433. The fourth-order valence-corrected chi connectivity index (χ4v) is 2.44. The van der Waals surface area contributed by atoms with Gasteiger partial charge in [0.1, 0.15) is 0 Å². The van der Waals surface area contributed by atoms with E-state index < -0.39 is 11.9 Å². The van der Waals surface area contributed by atoms with Crippen LogP contribution in [-0.4, -0.2) is 29.2 Å². The van der Waals surface area contributed by atoms with Crippen LogP contribution in [0.2, 0.25) is 5.02 Å². The molecule has 136 valence electrons. The Morgan fingerprint density at radius 3 is 2.52 bits per heavy atom. The number of amides is 1. The first-order valence-corrected chi connectivity index (χ1v) is 8.29. The minimum absolute atomic E-state index is 0.142. The summed E-state index contributed by atoms with van der Waals surface area (Å²) in [4.78, 5) is 23.8. The second-order valence-electron chi connectivity index (χ2n) is 5.44. The maximum atomic E-state index is 12.2. The zero-order valence-electron chi connectivity index (χ0n) is 14.3. The topological polar surface area (TPSA) is 93.2 Å². The fraction of sp³-hybridized carbons (Fsp3) is 0.0526. The standard InChI is InChI=1S/C19H15ClN4O3/c1-27-19(26)12-5-4-6-13(11-12)21-17-10-9-16(23-24-17)18(25)22-15-8-3-2-7-14(15)20/h2-11H,1H3,(H,21,24)(H,22,25). The number of methoxy groups -OCH3 is 1. The van der Waals surface area contributed by atoms with Crippen LogP contribution in [-0.2, 0) is 4.74 Å². The highest BCUT2D eigenvalue weighted by atomic mass is 35.5. The lowest BCUT2D eigenvalue weighted by Gasteiger charge is -2.08. The molecule has 0 spiro atoms. The molecule has 0 aliphatic rings. The molecule has 27 heavy (non-hydrogen) atoms. The van der Waals surface area contributed by atoms with Crippen LogP contribution in [0.5, 0.6) is 0 Å². The van der Waals surface area contributed by atoms with E-state index in [0.29, 0.717) is 27.8 Å². The molecule has 0 fully saturated rings. The molecule has 8 heteroatoms. The summed E-state index contributed by atoms with van der Waals surface area (Å²) < 4.78 is 4.69. The molecule has 7 nitrogen and oxygen atoms in total. The average molecular weight is 383 g/mol. The lowest BCUT2D eigenvalue weighted by Crippen LogP contribution is -2.14. The number of rotatable bonds is 5. The van der Waals surface area contributed by atoms with Gasteiger partial charge in [-0.15, -0.1) is 10.2 Å². The van der Waals surface area contributed by atoms with Gasteiger partial charge in [0.25, 0.3) is 5.91 Å². The lowest BCUT2D eigenvalue weighted by molar-refractivity contribution is 0.0600. The number of halogens is 1. The Bertz CT molecular complexity index is 977. The normalized spacial score (nSPS) is 10.1. The third kappa shape index (κ3) is 4.59. The number of carbonyl (C=O) groups excluding carboxylic acids is 2. The van der Waals surface area contributed by atoms with E-state index in [0.717, 1.165) is 0 Å². The molecule has 1 heterocycles. The third-order valence-corrected chi connectivity index (χ3v) is 3.90. The number of benzene rings is 2. The molecule has 3 rings (SSSR count). The minimum atomic E-state index is -0.434. The summed E-state index contributed by atoms with van der Waals surface area (Å²) in [7, 11) is 1.32. The molecule has 0 bridgehead atoms. The predicted molar refractivity (Wildman–Crippen MR) is 103 cm³/mol. The van der Waals surface area contributed by atoms with Crippen LogP contribution in [0.4, 0.5) is 17.2 Å². The zero-order chi connectivity index (χ0) is 19.2. The van der Waals surface area contributed by atoms with E-state index in [1.165, 1.54) is 13.2 Å². The molecule has 0 aliphatic heterocycles. The van der Waals surface area contributed by atoms with Crippen LogP contribution < -0.4 is 10.6 Å². The van der Waals surface area contributed by atoms with Gasteiger partial charge in [-0.3, -0.25) is 4.79 Å². The first-order chi connectivity index (χ1) is 13.1. The number of nitrogens with zero attached hydrogens (tertiary/aromatic N) is 2. The van der Waals surface area contributed by atoms with E-state index in [1.54, 1.807) is 54.6 Å². The SMILES string of the molecule is COC(=O)c1cccc(Nc2ccc(C(=O)Nc3ccccc3Cl)nn2)c1. The van der Waals surface area contributed by atoms with Gasteiger partial charge in [0.2, 0.25) is 0 Å². The highest BCUT2D eigenvalue weighted by Crippen LogP contribution is 2.21. The molecule has 3 aromatic rings. The predicted octanol–water partition coefficient (Wildman–Crippen LogP) is 3.91.